The quantitative estimate of drug-likeness (QED) is 0.784. The smallest absolute Gasteiger partial charge is 0.0651 e. The number of aromatic nitrogens is 3. The molecule has 0 radical (unpaired) electrons. The van der Waals surface area contributed by atoms with Crippen molar-refractivity contribution in [1.82, 2.24) is 20.1 Å². The van der Waals surface area contributed by atoms with Gasteiger partial charge in [0.1, 0.15) is 0 Å². The van der Waals surface area contributed by atoms with Gasteiger partial charge in [0, 0.05) is 36.2 Å². The zero-order chi connectivity index (χ0) is 17.2. The Kier molecular flexibility index (Phi) is 4.36. The molecule has 1 aromatic carbocycles. The fraction of sp³-hybridized carbons (Fsp3) is 0.333. The van der Waals surface area contributed by atoms with Crippen molar-refractivity contribution in [3.8, 4) is 5.69 Å². The van der Waals surface area contributed by atoms with Gasteiger partial charge in [-0.1, -0.05) is 12.1 Å². The van der Waals surface area contributed by atoms with E-state index in [2.05, 4.69) is 53.1 Å². The Balaban J connectivity index is 1.58. The summed E-state index contributed by atoms with van der Waals surface area (Å²) in [6.07, 6.45) is 9.23. The molecule has 4 nitrogen and oxygen atoms in total. The molecule has 4 heteroatoms. The lowest BCUT2D eigenvalue weighted by atomic mass is 9.92. The van der Waals surface area contributed by atoms with Gasteiger partial charge in [-0.3, -0.25) is 4.98 Å². The topological polar surface area (TPSA) is 42.7 Å². The molecule has 25 heavy (non-hydrogen) atoms. The lowest BCUT2D eigenvalue weighted by molar-refractivity contribution is 0.454. The van der Waals surface area contributed by atoms with Crippen molar-refractivity contribution in [3.63, 3.8) is 0 Å². The van der Waals surface area contributed by atoms with Crippen molar-refractivity contribution in [2.24, 2.45) is 0 Å². The van der Waals surface area contributed by atoms with Crippen LogP contribution in [-0.2, 0) is 13.0 Å². The van der Waals surface area contributed by atoms with Gasteiger partial charge in [0.2, 0.25) is 0 Å². The van der Waals surface area contributed by atoms with Gasteiger partial charge >= 0.3 is 0 Å². The van der Waals surface area contributed by atoms with Crippen LogP contribution in [-0.4, -0.2) is 14.8 Å². The Morgan fingerprint density at radius 2 is 2.08 bits per heavy atom. The molecule has 1 N–H and O–H groups in total. The summed E-state index contributed by atoms with van der Waals surface area (Å²) in [4.78, 5) is 4.20. The van der Waals surface area contributed by atoms with Gasteiger partial charge in [-0.05, 0) is 68.0 Å². The first kappa shape index (κ1) is 16.0. The average Bonchev–Trinajstić information content (AvgIpc) is 3.08. The van der Waals surface area contributed by atoms with E-state index in [-0.39, 0.29) is 0 Å². The van der Waals surface area contributed by atoms with E-state index in [0.29, 0.717) is 6.04 Å². The molecule has 0 amide bonds. The molecule has 1 atom stereocenters. The van der Waals surface area contributed by atoms with E-state index >= 15 is 0 Å². The highest BCUT2D eigenvalue weighted by atomic mass is 15.3. The second kappa shape index (κ2) is 6.81. The standard InChI is InChI=1S/C21H24N4/c1-15-8-9-18(11-16(15)2)25-21-7-3-6-20(19(21)14-24-25)23-13-17-5-4-10-22-12-17/h4-5,8-12,14,20,23H,3,6-7,13H2,1-2H3. The number of rotatable bonds is 4. The number of hydrogen-bond acceptors (Lipinski definition) is 3. The normalized spacial score (nSPS) is 16.6. The van der Waals surface area contributed by atoms with Crippen LogP contribution in [0.3, 0.4) is 0 Å². The number of nitrogens with one attached hydrogen (secondary N) is 1. The van der Waals surface area contributed by atoms with Crippen molar-refractivity contribution < 1.29 is 0 Å². The second-order valence-electron chi connectivity index (χ2n) is 6.91. The van der Waals surface area contributed by atoms with Crippen LogP contribution >= 0.6 is 0 Å². The first-order valence-electron chi connectivity index (χ1n) is 8.99. The van der Waals surface area contributed by atoms with E-state index < -0.39 is 0 Å². The third-order valence-corrected chi connectivity index (χ3v) is 5.19. The van der Waals surface area contributed by atoms with Gasteiger partial charge in [0.15, 0.2) is 0 Å². The minimum atomic E-state index is 0.365. The molecule has 0 fully saturated rings. The summed E-state index contributed by atoms with van der Waals surface area (Å²) < 4.78 is 2.12. The molecule has 1 aliphatic carbocycles. The monoisotopic (exact) mass is 332 g/mol. The number of aryl methyl sites for hydroxylation is 2. The van der Waals surface area contributed by atoms with Gasteiger partial charge < -0.3 is 5.32 Å². The van der Waals surface area contributed by atoms with Crippen molar-refractivity contribution in [3.05, 3.63) is 76.9 Å². The van der Waals surface area contributed by atoms with Crippen LogP contribution in [0.4, 0.5) is 0 Å². The summed E-state index contributed by atoms with van der Waals surface area (Å²) in [5, 5.41) is 8.39. The van der Waals surface area contributed by atoms with E-state index in [4.69, 9.17) is 5.10 Å². The SMILES string of the molecule is Cc1ccc(-n2ncc3c2CCCC3NCc2cccnc2)cc1C. The maximum Gasteiger partial charge on any atom is 0.0651 e. The first-order chi connectivity index (χ1) is 12.2. The molecule has 0 bridgehead atoms. The highest BCUT2D eigenvalue weighted by Crippen LogP contribution is 2.31. The van der Waals surface area contributed by atoms with Crippen molar-refractivity contribution in [1.29, 1.82) is 0 Å². The van der Waals surface area contributed by atoms with Gasteiger partial charge in [-0.2, -0.15) is 5.10 Å². The number of nitrogens with zero attached hydrogens (tertiary/aromatic N) is 3. The molecule has 0 spiro atoms. The van der Waals surface area contributed by atoms with Crippen LogP contribution in [0.5, 0.6) is 0 Å². The molecule has 0 aliphatic heterocycles. The summed E-state index contributed by atoms with van der Waals surface area (Å²) in [6.45, 7) is 5.15. The van der Waals surface area contributed by atoms with Gasteiger partial charge in [0.25, 0.3) is 0 Å². The highest BCUT2D eigenvalue weighted by molar-refractivity contribution is 5.42. The average molecular weight is 332 g/mol. The molecule has 2 heterocycles. The minimum Gasteiger partial charge on any atom is -0.306 e. The van der Waals surface area contributed by atoms with Crippen LogP contribution < -0.4 is 5.32 Å². The fourth-order valence-corrected chi connectivity index (χ4v) is 3.59. The Morgan fingerprint density at radius 3 is 2.88 bits per heavy atom. The van der Waals surface area contributed by atoms with Crippen LogP contribution in [0.2, 0.25) is 0 Å². The maximum atomic E-state index is 4.71. The lowest BCUT2D eigenvalue weighted by Crippen LogP contribution is -2.25. The van der Waals surface area contributed by atoms with Crippen molar-refractivity contribution >= 4 is 0 Å². The van der Waals surface area contributed by atoms with E-state index in [1.54, 1.807) is 0 Å². The van der Waals surface area contributed by atoms with Crippen molar-refractivity contribution in [2.45, 2.75) is 45.7 Å². The number of pyridine rings is 1. The summed E-state index contributed by atoms with van der Waals surface area (Å²) in [6, 6.07) is 11.0. The van der Waals surface area contributed by atoms with Gasteiger partial charge in [-0.15, -0.1) is 0 Å². The number of benzene rings is 1. The molecule has 4 rings (SSSR count). The highest BCUT2D eigenvalue weighted by Gasteiger charge is 2.24. The molecule has 1 aliphatic rings. The Morgan fingerprint density at radius 1 is 1.16 bits per heavy atom. The zero-order valence-electron chi connectivity index (χ0n) is 14.9. The maximum absolute atomic E-state index is 4.71. The zero-order valence-corrected chi connectivity index (χ0v) is 14.9. The van der Waals surface area contributed by atoms with E-state index in [0.717, 1.165) is 25.1 Å². The van der Waals surface area contributed by atoms with E-state index in [9.17, 15) is 0 Å². The molecular weight excluding hydrogens is 308 g/mol. The van der Waals surface area contributed by atoms with Gasteiger partial charge in [0.05, 0.1) is 11.9 Å². The number of fused-ring (bicyclic) bond motifs is 1. The summed E-state index contributed by atoms with van der Waals surface area (Å²) in [7, 11) is 0. The number of hydrogen-bond donors (Lipinski definition) is 1. The molecule has 128 valence electrons. The summed E-state index contributed by atoms with van der Waals surface area (Å²) in [5.74, 6) is 0. The minimum absolute atomic E-state index is 0.365. The first-order valence-corrected chi connectivity index (χ1v) is 8.99. The Hall–Kier alpha value is -2.46. The third kappa shape index (κ3) is 3.22. The van der Waals surface area contributed by atoms with Crippen LogP contribution in [0, 0.1) is 13.8 Å². The fourth-order valence-electron chi connectivity index (χ4n) is 3.59. The van der Waals surface area contributed by atoms with Gasteiger partial charge in [-0.25, -0.2) is 4.68 Å². The van der Waals surface area contributed by atoms with Crippen LogP contribution in [0.1, 0.15) is 46.8 Å². The molecule has 1 unspecified atom stereocenters. The molecule has 0 saturated carbocycles. The van der Waals surface area contributed by atoms with Crippen LogP contribution in [0.15, 0.2) is 48.9 Å². The molecule has 3 aromatic rings. The Bertz CT molecular complexity index is 867. The largest absolute Gasteiger partial charge is 0.306 e. The Labute approximate surface area is 148 Å². The molecule has 2 aromatic heterocycles. The molecule has 0 saturated heterocycles. The second-order valence-corrected chi connectivity index (χ2v) is 6.91. The lowest BCUT2D eigenvalue weighted by Gasteiger charge is -2.24. The van der Waals surface area contributed by atoms with Crippen molar-refractivity contribution in [2.75, 3.05) is 0 Å². The third-order valence-electron chi connectivity index (χ3n) is 5.19. The van der Waals surface area contributed by atoms with E-state index in [1.807, 2.05) is 24.7 Å². The van der Waals surface area contributed by atoms with Crippen LogP contribution in [0.25, 0.3) is 5.69 Å². The summed E-state index contributed by atoms with van der Waals surface area (Å²) in [5.41, 5.74) is 7.70. The van der Waals surface area contributed by atoms with E-state index in [1.165, 1.54) is 34.4 Å². The summed E-state index contributed by atoms with van der Waals surface area (Å²) >= 11 is 0. The predicted molar refractivity (Wildman–Crippen MR) is 99.8 cm³/mol. The predicted octanol–water partition coefficient (Wildman–Crippen LogP) is 4.05. The molecular formula is C21H24N4.